The first-order valence-corrected chi connectivity index (χ1v) is 7.54. The van der Waals surface area contributed by atoms with Gasteiger partial charge in [-0.2, -0.15) is 0 Å². The van der Waals surface area contributed by atoms with E-state index in [0.717, 1.165) is 12.0 Å². The van der Waals surface area contributed by atoms with E-state index in [2.05, 4.69) is 26.1 Å². The largest absolute Gasteiger partial charge is 0.307 e. The Balaban J connectivity index is 2.10. The Kier molecular flexibility index (Phi) is 4.62. The lowest BCUT2D eigenvalue weighted by atomic mass is 9.73. The van der Waals surface area contributed by atoms with Crippen LogP contribution in [0.25, 0.3) is 0 Å². The lowest BCUT2D eigenvalue weighted by Crippen LogP contribution is -2.45. The molecule has 1 aromatic rings. The predicted molar refractivity (Wildman–Crippen MR) is 78.6 cm³/mol. The fraction of sp³-hybridized carbons (Fsp3) is 0.647. The second-order valence-electron chi connectivity index (χ2n) is 6.47. The number of benzene rings is 1. The highest BCUT2D eigenvalue weighted by atomic mass is 19.1. The van der Waals surface area contributed by atoms with E-state index in [1.165, 1.54) is 31.7 Å². The zero-order valence-corrected chi connectivity index (χ0v) is 12.4. The second kappa shape index (κ2) is 6.04. The van der Waals surface area contributed by atoms with Crippen molar-refractivity contribution in [3.05, 3.63) is 35.6 Å². The molecule has 1 aliphatic carbocycles. The first kappa shape index (κ1) is 14.5. The van der Waals surface area contributed by atoms with E-state index in [9.17, 15) is 4.39 Å². The highest BCUT2D eigenvalue weighted by Gasteiger charge is 2.33. The van der Waals surface area contributed by atoms with Crippen molar-refractivity contribution in [2.24, 2.45) is 5.41 Å². The van der Waals surface area contributed by atoms with Crippen molar-refractivity contribution < 1.29 is 4.39 Å². The summed E-state index contributed by atoms with van der Waals surface area (Å²) in [7, 11) is 0. The Morgan fingerprint density at radius 1 is 1.37 bits per heavy atom. The predicted octanol–water partition coefficient (Wildman–Crippen LogP) is 4.84. The fourth-order valence-corrected chi connectivity index (χ4v) is 3.22. The molecule has 0 spiro atoms. The third-order valence-corrected chi connectivity index (χ3v) is 4.57. The van der Waals surface area contributed by atoms with Crippen LogP contribution in [0, 0.1) is 11.2 Å². The molecule has 2 unspecified atom stereocenters. The maximum absolute atomic E-state index is 13.4. The molecule has 1 aliphatic rings. The summed E-state index contributed by atoms with van der Waals surface area (Å²) in [4.78, 5) is 0. The number of nitrogens with one attached hydrogen (secondary N) is 1. The second-order valence-corrected chi connectivity index (χ2v) is 6.47. The van der Waals surface area contributed by atoms with Gasteiger partial charge in [0.1, 0.15) is 5.82 Å². The molecule has 0 bridgehead atoms. The van der Waals surface area contributed by atoms with E-state index in [4.69, 9.17) is 0 Å². The zero-order valence-electron chi connectivity index (χ0n) is 12.4. The van der Waals surface area contributed by atoms with E-state index < -0.39 is 0 Å². The Hall–Kier alpha value is -0.890. The summed E-state index contributed by atoms with van der Waals surface area (Å²) < 4.78 is 13.4. The molecule has 0 aliphatic heterocycles. The molecule has 1 N–H and O–H groups in total. The summed E-state index contributed by atoms with van der Waals surface area (Å²) in [5.74, 6) is -0.138. The van der Waals surface area contributed by atoms with Crippen LogP contribution in [0.2, 0.25) is 0 Å². The quantitative estimate of drug-likeness (QED) is 0.820. The van der Waals surface area contributed by atoms with Gasteiger partial charge >= 0.3 is 0 Å². The van der Waals surface area contributed by atoms with Gasteiger partial charge in [-0.1, -0.05) is 45.7 Å². The molecule has 1 saturated carbocycles. The van der Waals surface area contributed by atoms with Gasteiger partial charge in [0.2, 0.25) is 0 Å². The molecule has 0 saturated heterocycles. The fourth-order valence-electron chi connectivity index (χ4n) is 3.22. The molecule has 1 fully saturated rings. The molecule has 106 valence electrons. The van der Waals surface area contributed by atoms with Gasteiger partial charge < -0.3 is 5.32 Å². The van der Waals surface area contributed by atoms with Crippen LogP contribution in [0.5, 0.6) is 0 Å². The first-order chi connectivity index (χ1) is 9.03. The Morgan fingerprint density at radius 3 is 2.79 bits per heavy atom. The average Bonchev–Trinajstić information content (AvgIpc) is 2.37. The average molecular weight is 263 g/mol. The molecular formula is C17H26FN. The Labute approximate surface area is 116 Å². The van der Waals surface area contributed by atoms with Crippen molar-refractivity contribution in [3.8, 4) is 0 Å². The minimum Gasteiger partial charge on any atom is -0.307 e. The van der Waals surface area contributed by atoms with Crippen molar-refractivity contribution in [2.45, 2.75) is 65.0 Å². The van der Waals surface area contributed by atoms with Crippen LogP contribution in [-0.4, -0.2) is 6.04 Å². The molecular weight excluding hydrogens is 237 g/mol. The summed E-state index contributed by atoms with van der Waals surface area (Å²) in [6, 6.07) is 7.81. The molecule has 1 aromatic carbocycles. The van der Waals surface area contributed by atoms with Crippen LogP contribution in [0.15, 0.2) is 24.3 Å². The van der Waals surface area contributed by atoms with Crippen molar-refractivity contribution >= 4 is 0 Å². The van der Waals surface area contributed by atoms with Crippen molar-refractivity contribution in [1.82, 2.24) is 5.32 Å². The molecule has 0 aromatic heterocycles. The highest BCUT2D eigenvalue weighted by molar-refractivity contribution is 5.20. The van der Waals surface area contributed by atoms with E-state index in [1.54, 1.807) is 12.1 Å². The zero-order chi connectivity index (χ0) is 13.9. The van der Waals surface area contributed by atoms with E-state index in [0.29, 0.717) is 11.5 Å². The molecule has 1 nitrogen and oxygen atoms in total. The van der Waals surface area contributed by atoms with Gasteiger partial charge in [-0.3, -0.25) is 0 Å². The maximum Gasteiger partial charge on any atom is 0.123 e. The first-order valence-electron chi connectivity index (χ1n) is 7.54. The molecule has 2 atom stereocenters. The number of hydrogen-bond acceptors (Lipinski definition) is 1. The molecule has 0 heterocycles. The third-order valence-electron chi connectivity index (χ3n) is 4.57. The van der Waals surface area contributed by atoms with Crippen molar-refractivity contribution in [3.63, 3.8) is 0 Å². The van der Waals surface area contributed by atoms with Crippen LogP contribution in [0.1, 0.15) is 64.5 Å². The minimum atomic E-state index is -0.138. The monoisotopic (exact) mass is 263 g/mol. The lowest BCUT2D eigenvalue weighted by molar-refractivity contribution is 0.154. The van der Waals surface area contributed by atoms with Gasteiger partial charge in [-0.25, -0.2) is 4.39 Å². The number of rotatable bonds is 4. The summed E-state index contributed by atoms with van der Waals surface area (Å²) in [6.07, 6.45) is 6.15. The normalized spacial score (nSPS) is 24.1. The van der Waals surface area contributed by atoms with Gasteiger partial charge in [0.05, 0.1) is 0 Å². The number of hydrogen-bond donors (Lipinski definition) is 1. The van der Waals surface area contributed by atoms with Crippen LogP contribution in [-0.2, 0) is 0 Å². The van der Waals surface area contributed by atoms with Crippen LogP contribution in [0.3, 0.4) is 0 Å². The van der Waals surface area contributed by atoms with Crippen molar-refractivity contribution in [2.75, 3.05) is 0 Å². The molecule has 0 radical (unpaired) electrons. The van der Waals surface area contributed by atoms with Crippen LogP contribution >= 0.6 is 0 Å². The SMILES string of the molecule is CCC(NC1CCCCC1(C)C)c1cccc(F)c1. The van der Waals surface area contributed by atoms with E-state index in [-0.39, 0.29) is 11.9 Å². The smallest absolute Gasteiger partial charge is 0.123 e. The summed E-state index contributed by atoms with van der Waals surface area (Å²) in [6.45, 7) is 6.86. The van der Waals surface area contributed by atoms with Gasteiger partial charge in [0.25, 0.3) is 0 Å². The number of halogens is 1. The maximum atomic E-state index is 13.4. The molecule has 0 amide bonds. The Morgan fingerprint density at radius 2 is 2.16 bits per heavy atom. The molecule has 19 heavy (non-hydrogen) atoms. The molecule has 2 heteroatoms. The lowest BCUT2D eigenvalue weighted by Gasteiger charge is -2.41. The minimum absolute atomic E-state index is 0.138. The van der Waals surface area contributed by atoms with Crippen LogP contribution < -0.4 is 5.32 Å². The topological polar surface area (TPSA) is 12.0 Å². The summed E-state index contributed by atoms with van der Waals surface area (Å²) in [5, 5.41) is 3.77. The van der Waals surface area contributed by atoms with E-state index >= 15 is 0 Å². The standard InChI is InChI=1S/C17H26FN/c1-4-15(13-8-7-9-14(18)12-13)19-16-10-5-6-11-17(16,2)3/h7-9,12,15-16,19H,4-6,10-11H2,1-3H3. The summed E-state index contributed by atoms with van der Waals surface area (Å²) >= 11 is 0. The summed E-state index contributed by atoms with van der Waals surface area (Å²) in [5.41, 5.74) is 1.42. The van der Waals surface area contributed by atoms with Crippen LogP contribution in [0.4, 0.5) is 4.39 Å². The van der Waals surface area contributed by atoms with Gasteiger partial charge in [-0.15, -0.1) is 0 Å². The van der Waals surface area contributed by atoms with Crippen molar-refractivity contribution in [1.29, 1.82) is 0 Å². The highest BCUT2D eigenvalue weighted by Crippen LogP contribution is 2.37. The van der Waals surface area contributed by atoms with Gasteiger partial charge in [-0.05, 0) is 42.4 Å². The van der Waals surface area contributed by atoms with Gasteiger partial charge in [0, 0.05) is 12.1 Å². The van der Waals surface area contributed by atoms with E-state index in [1.807, 2.05) is 6.07 Å². The third kappa shape index (κ3) is 3.56. The Bertz CT molecular complexity index is 413. The van der Waals surface area contributed by atoms with Gasteiger partial charge in [0.15, 0.2) is 0 Å². The molecule has 2 rings (SSSR count).